The van der Waals surface area contributed by atoms with Gasteiger partial charge in [-0.2, -0.15) is 0 Å². The monoisotopic (exact) mass is 352 g/mol. The third-order valence-electron chi connectivity index (χ3n) is 3.43. The first-order valence-electron chi connectivity index (χ1n) is 6.48. The molecule has 1 saturated carbocycles. The minimum atomic E-state index is 0.417. The fourth-order valence-corrected chi connectivity index (χ4v) is 3.89. The van der Waals surface area contributed by atoms with Gasteiger partial charge in [0.2, 0.25) is 5.16 Å². The van der Waals surface area contributed by atoms with Gasteiger partial charge in [0.25, 0.3) is 0 Å². The summed E-state index contributed by atoms with van der Waals surface area (Å²) in [5.74, 6) is 0. The first-order chi connectivity index (χ1) is 9.78. The fourth-order valence-electron chi connectivity index (χ4n) is 2.40. The average Bonchev–Trinajstić information content (AvgIpc) is 3.11. The number of hydrogen-bond acceptors (Lipinski definition) is 5. The van der Waals surface area contributed by atoms with E-state index in [-0.39, 0.29) is 0 Å². The molecule has 1 aromatic carbocycles. The van der Waals surface area contributed by atoms with Gasteiger partial charge >= 0.3 is 0 Å². The SMILES string of the molecule is O=Cc1ccc(Sc2nnnn2C2CCCC2)c(Br)c1. The third-order valence-corrected chi connectivity index (χ3v) is 5.37. The Hall–Kier alpha value is -1.21. The highest BCUT2D eigenvalue weighted by atomic mass is 79.9. The molecule has 0 unspecified atom stereocenters. The molecule has 0 amide bonds. The zero-order chi connectivity index (χ0) is 13.9. The van der Waals surface area contributed by atoms with Crippen molar-refractivity contribution in [1.29, 1.82) is 0 Å². The molecule has 104 valence electrons. The zero-order valence-electron chi connectivity index (χ0n) is 10.7. The largest absolute Gasteiger partial charge is 0.298 e. The van der Waals surface area contributed by atoms with E-state index in [2.05, 4.69) is 31.5 Å². The highest BCUT2D eigenvalue weighted by molar-refractivity contribution is 9.10. The van der Waals surface area contributed by atoms with Crippen molar-refractivity contribution in [2.24, 2.45) is 0 Å². The van der Waals surface area contributed by atoms with E-state index in [1.54, 1.807) is 12.1 Å². The molecule has 0 radical (unpaired) electrons. The van der Waals surface area contributed by atoms with Crippen molar-refractivity contribution >= 4 is 34.0 Å². The molecule has 1 heterocycles. The van der Waals surface area contributed by atoms with Crippen molar-refractivity contribution in [3.05, 3.63) is 28.2 Å². The van der Waals surface area contributed by atoms with E-state index in [0.717, 1.165) is 33.7 Å². The van der Waals surface area contributed by atoms with Crippen LogP contribution in [0, 0.1) is 0 Å². The van der Waals surface area contributed by atoms with Gasteiger partial charge in [0, 0.05) is 14.9 Å². The second kappa shape index (κ2) is 6.05. The van der Waals surface area contributed by atoms with Crippen molar-refractivity contribution in [3.63, 3.8) is 0 Å². The van der Waals surface area contributed by atoms with E-state index in [4.69, 9.17) is 0 Å². The van der Waals surface area contributed by atoms with Gasteiger partial charge in [0.15, 0.2) is 0 Å². The smallest absolute Gasteiger partial charge is 0.214 e. The Morgan fingerprint density at radius 1 is 1.35 bits per heavy atom. The minimum absolute atomic E-state index is 0.417. The minimum Gasteiger partial charge on any atom is -0.298 e. The standard InChI is InChI=1S/C13H13BrN4OS/c14-11-7-9(8-19)5-6-12(11)20-13-15-16-17-18(13)10-3-1-2-4-10/h5-8,10H,1-4H2. The topological polar surface area (TPSA) is 60.7 Å². The van der Waals surface area contributed by atoms with Crippen molar-refractivity contribution < 1.29 is 4.79 Å². The maximum absolute atomic E-state index is 10.8. The average molecular weight is 353 g/mol. The molecule has 2 aromatic rings. The molecule has 0 N–H and O–H groups in total. The van der Waals surface area contributed by atoms with Gasteiger partial charge in [-0.1, -0.05) is 18.9 Å². The maximum Gasteiger partial charge on any atom is 0.214 e. The van der Waals surface area contributed by atoms with Crippen LogP contribution in [0.5, 0.6) is 0 Å². The van der Waals surface area contributed by atoms with Crippen molar-refractivity contribution in [2.45, 2.75) is 41.8 Å². The van der Waals surface area contributed by atoms with Gasteiger partial charge < -0.3 is 0 Å². The lowest BCUT2D eigenvalue weighted by Gasteiger charge is -2.11. The second-order valence-corrected chi connectivity index (χ2v) is 6.62. The number of carbonyl (C=O) groups excluding carboxylic acids is 1. The summed E-state index contributed by atoms with van der Waals surface area (Å²) in [5.41, 5.74) is 0.650. The highest BCUT2D eigenvalue weighted by Crippen LogP contribution is 2.36. The molecule has 0 bridgehead atoms. The summed E-state index contributed by atoms with van der Waals surface area (Å²) in [6.45, 7) is 0. The molecule has 7 heteroatoms. The molecule has 0 saturated heterocycles. The lowest BCUT2D eigenvalue weighted by molar-refractivity contribution is 0.112. The predicted octanol–water partition coefficient (Wildman–Crippen LogP) is 3.51. The van der Waals surface area contributed by atoms with Crippen LogP contribution in [-0.2, 0) is 0 Å². The Kier molecular flexibility index (Phi) is 4.16. The Labute approximate surface area is 129 Å². The van der Waals surface area contributed by atoms with Gasteiger partial charge in [-0.05, 0) is 63.1 Å². The van der Waals surface area contributed by atoms with Gasteiger partial charge in [-0.3, -0.25) is 4.79 Å². The maximum atomic E-state index is 10.8. The van der Waals surface area contributed by atoms with Gasteiger partial charge in [-0.15, -0.1) is 5.10 Å². The Bertz CT molecular complexity index is 625. The lowest BCUT2D eigenvalue weighted by atomic mass is 10.2. The van der Waals surface area contributed by atoms with Crippen LogP contribution in [0.25, 0.3) is 0 Å². The molecule has 1 aliphatic rings. The molecule has 1 aromatic heterocycles. The summed E-state index contributed by atoms with van der Waals surface area (Å²) in [6.07, 6.45) is 5.61. The fraction of sp³-hybridized carbons (Fsp3) is 0.385. The molecule has 0 aliphatic heterocycles. The van der Waals surface area contributed by atoms with Crippen LogP contribution in [0.2, 0.25) is 0 Å². The van der Waals surface area contributed by atoms with Crippen LogP contribution >= 0.6 is 27.7 Å². The second-order valence-electron chi connectivity index (χ2n) is 4.75. The van der Waals surface area contributed by atoms with Gasteiger partial charge in [0.05, 0.1) is 6.04 Å². The van der Waals surface area contributed by atoms with Crippen molar-refractivity contribution in [2.75, 3.05) is 0 Å². The van der Waals surface area contributed by atoms with E-state index >= 15 is 0 Å². The number of rotatable bonds is 4. The molecular weight excluding hydrogens is 340 g/mol. The van der Waals surface area contributed by atoms with E-state index in [1.807, 2.05) is 10.7 Å². The van der Waals surface area contributed by atoms with Crippen molar-refractivity contribution in [1.82, 2.24) is 20.2 Å². The number of carbonyl (C=O) groups is 1. The first kappa shape index (κ1) is 13.8. The number of aldehydes is 1. The van der Waals surface area contributed by atoms with Crippen LogP contribution in [0.3, 0.4) is 0 Å². The van der Waals surface area contributed by atoms with E-state index in [1.165, 1.54) is 24.6 Å². The van der Waals surface area contributed by atoms with E-state index in [0.29, 0.717) is 11.6 Å². The molecule has 0 atom stereocenters. The van der Waals surface area contributed by atoms with Crippen LogP contribution in [-0.4, -0.2) is 26.5 Å². The number of hydrogen-bond donors (Lipinski definition) is 0. The quantitative estimate of drug-likeness (QED) is 0.787. The Morgan fingerprint density at radius 3 is 2.85 bits per heavy atom. The molecule has 1 fully saturated rings. The van der Waals surface area contributed by atoms with Gasteiger partial charge in [-0.25, -0.2) is 4.68 Å². The van der Waals surface area contributed by atoms with E-state index < -0.39 is 0 Å². The van der Waals surface area contributed by atoms with Crippen LogP contribution in [0.4, 0.5) is 0 Å². The summed E-state index contributed by atoms with van der Waals surface area (Å²) in [4.78, 5) is 11.8. The molecule has 3 rings (SSSR count). The Balaban J connectivity index is 1.84. The number of aromatic nitrogens is 4. The Morgan fingerprint density at radius 2 is 2.15 bits per heavy atom. The summed E-state index contributed by atoms with van der Waals surface area (Å²) in [5, 5.41) is 12.8. The normalized spacial score (nSPS) is 15.7. The zero-order valence-corrected chi connectivity index (χ0v) is 13.1. The molecule has 5 nitrogen and oxygen atoms in total. The molecule has 0 spiro atoms. The van der Waals surface area contributed by atoms with Crippen molar-refractivity contribution in [3.8, 4) is 0 Å². The predicted molar refractivity (Wildman–Crippen MR) is 79.0 cm³/mol. The van der Waals surface area contributed by atoms with E-state index in [9.17, 15) is 4.79 Å². The number of halogens is 1. The number of tetrazole rings is 1. The number of benzene rings is 1. The third kappa shape index (κ3) is 2.78. The molecular formula is C13H13BrN4OS. The first-order valence-corrected chi connectivity index (χ1v) is 8.09. The summed E-state index contributed by atoms with van der Waals surface area (Å²) in [7, 11) is 0. The summed E-state index contributed by atoms with van der Waals surface area (Å²) in [6, 6.07) is 5.93. The number of nitrogens with zero attached hydrogens (tertiary/aromatic N) is 4. The highest BCUT2D eigenvalue weighted by Gasteiger charge is 2.22. The lowest BCUT2D eigenvalue weighted by Crippen LogP contribution is -2.08. The summed E-state index contributed by atoms with van der Waals surface area (Å²) < 4.78 is 2.81. The van der Waals surface area contributed by atoms with Gasteiger partial charge in [0.1, 0.15) is 6.29 Å². The summed E-state index contributed by atoms with van der Waals surface area (Å²) >= 11 is 5.00. The molecule has 1 aliphatic carbocycles. The molecule has 20 heavy (non-hydrogen) atoms. The van der Waals surface area contributed by atoms with Crippen LogP contribution in [0.15, 0.2) is 32.7 Å². The van der Waals surface area contributed by atoms with Crippen LogP contribution in [0.1, 0.15) is 42.1 Å². The van der Waals surface area contributed by atoms with Crippen LogP contribution < -0.4 is 0 Å².